The van der Waals surface area contributed by atoms with Gasteiger partial charge in [0.05, 0.1) is 12.4 Å². The quantitative estimate of drug-likeness (QED) is 0.814. The highest BCUT2D eigenvalue weighted by Crippen LogP contribution is 2.18. The van der Waals surface area contributed by atoms with Crippen LogP contribution in [0.5, 0.6) is 0 Å². The van der Waals surface area contributed by atoms with Gasteiger partial charge in [0.25, 0.3) is 0 Å². The summed E-state index contributed by atoms with van der Waals surface area (Å²) in [4.78, 5) is 11.4. The number of aromatic amines is 1. The van der Waals surface area contributed by atoms with E-state index in [4.69, 9.17) is 0 Å². The van der Waals surface area contributed by atoms with Crippen molar-refractivity contribution in [3.63, 3.8) is 0 Å². The van der Waals surface area contributed by atoms with E-state index in [9.17, 15) is 0 Å². The molecule has 2 rings (SSSR count). The lowest BCUT2D eigenvalue weighted by Gasteiger charge is -2.13. The summed E-state index contributed by atoms with van der Waals surface area (Å²) in [5, 5.41) is 6.61. The Labute approximate surface area is 92.8 Å². The van der Waals surface area contributed by atoms with Crippen molar-refractivity contribution < 1.29 is 0 Å². The highest BCUT2D eigenvalue weighted by atomic mass is 32.1. The van der Waals surface area contributed by atoms with E-state index in [1.165, 1.54) is 0 Å². The topological polar surface area (TPSA) is 53.6 Å². The summed E-state index contributed by atoms with van der Waals surface area (Å²) in [7, 11) is 0. The van der Waals surface area contributed by atoms with Crippen LogP contribution in [0.1, 0.15) is 30.1 Å². The number of nitrogens with one attached hydrogen (secondary N) is 2. The molecule has 0 amide bonds. The molecule has 2 aromatic heterocycles. The van der Waals surface area contributed by atoms with E-state index in [0.29, 0.717) is 6.04 Å². The molecule has 80 valence electrons. The number of thiazole rings is 1. The number of hydrogen-bond donors (Lipinski definition) is 2. The van der Waals surface area contributed by atoms with Gasteiger partial charge < -0.3 is 10.3 Å². The summed E-state index contributed by atoms with van der Waals surface area (Å²) < 4.78 is 0. The van der Waals surface area contributed by atoms with Crippen molar-refractivity contribution in [3.05, 3.63) is 34.8 Å². The largest absolute Gasteiger partial charge is 0.347 e. The summed E-state index contributed by atoms with van der Waals surface area (Å²) in [6.45, 7) is 2.96. The van der Waals surface area contributed by atoms with Gasteiger partial charge >= 0.3 is 0 Å². The highest BCUT2D eigenvalue weighted by Gasteiger charge is 2.10. The number of aromatic nitrogens is 3. The van der Waals surface area contributed by atoms with Gasteiger partial charge in [-0.1, -0.05) is 6.92 Å². The molecule has 5 heteroatoms. The van der Waals surface area contributed by atoms with Crippen LogP contribution in [0.2, 0.25) is 0 Å². The molecule has 0 aromatic carbocycles. The number of hydrogen-bond acceptors (Lipinski definition) is 4. The molecule has 1 atom stereocenters. The summed E-state index contributed by atoms with van der Waals surface area (Å²) in [6, 6.07) is 0.341. The number of imidazole rings is 1. The first kappa shape index (κ1) is 10.3. The van der Waals surface area contributed by atoms with E-state index < -0.39 is 0 Å². The van der Waals surface area contributed by atoms with Crippen LogP contribution in [0.3, 0.4) is 0 Å². The maximum Gasteiger partial charge on any atom is 0.109 e. The van der Waals surface area contributed by atoms with Gasteiger partial charge in [-0.15, -0.1) is 11.3 Å². The van der Waals surface area contributed by atoms with Crippen molar-refractivity contribution in [2.45, 2.75) is 25.9 Å². The van der Waals surface area contributed by atoms with E-state index >= 15 is 0 Å². The lowest BCUT2D eigenvalue weighted by molar-refractivity contribution is 0.513. The molecule has 0 spiro atoms. The molecule has 0 radical (unpaired) electrons. The molecular weight excluding hydrogens is 208 g/mol. The van der Waals surface area contributed by atoms with Gasteiger partial charge in [0.1, 0.15) is 5.01 Å². The average molecular weight is 222 g/mol. The van der Waals surface area contributed by atoms with Crippen LogP contribution in [-0.2, 0) is 6.54 Å². The third-order valence-electron chi connectivity index (χ3n) is 2.25. The fourth-order valence-electron chi connectivity index (χ4n) is 1.43. The average Bonchev–Trinajstić information content (AvgIpc) is 2.90. The van der Waals surface area contributed by atoms with E-state index in [-0.39, 0.29) is 0 Å². The van der Waals surface area contributed by atoms with Gasteiger partial charge in [0.2, 0.25) is 0 Å². The fraction of sp³-hybridized carbons (Fsp3) is 0.400. The second-order valence-corrected chi connectivity index (χ2v) is 4.22. The van der Waals surface area contributed by atoms with E-state index in [1.807, 2.05) is 17.8 Å². The molecule has 4 nitrogen and oxygen atoms in total. The molecule has 0 aliphatic carbocycles. The van der Waals surface area contributed by atoms with Gasteiger partial charge in [0, 0.05) is 30.0 Å². The van der Waals surface area contributed by atoms with E-state index in [1.54, 1.807) is 17.7 Å². The minimum atomic E-state index is 0.341. The summed E-state index contributed by atoms with van der Waals surface area (Å²) in [6.07, 6.45) is 6.42. The second-order valence-electron chi connectivity index (χ2n) is 3.29. The highest BCUT2D eigenvalue weighted by molar-refractivity contribution is 7.09. The zero-order chi connectivity index (χ0) is 10.5. The molecule has 0 saturated carbocycles. The molecule has 2 N–H and O–H groups in total. The van der Waals surface area contributed by atoms with E-state index in [0.717, 1.165) is 23.7 Å². The Morgan fingerprint density at radius 1 is 1.60 bits per heavy atom. The number of rotatable bonds is 5. The zero-order valence-electron chi connectivity index (χ0n) is 8.60. The molecule has 1 unspecified atom stereocenters. The van der Waals surface area contributed by atoms with Gasteiger partial charge in [-0.05, 0) is 6.42 Å². The Morgan fingerprint density at radius 3 is 3.13 bits per heavy atom. The van der Waals surface area contributed by atoms with Crippen LogP contribution in [0.4, 0.5) is 0 Å². The Morgan fingerprint density at radius 2 is 2.53 bits per heavy atom. The lowest BCUT2D eigenvalue weighted by atomic mass is 10.2. The second kappa shape index (κ2) is 5.04. The molecule has 2 heterocycles. The van der Waals surface area contributed by atoms with Crippen LogP contribution >= 0.6 is 11.3 Å². The lowest BCUT2D eigenvalue weighted by Crippen LogP contribution is -2.20. The predicted molar refractivity (Wildman–Crippen MR) is 60.6 cm³/mol. The minimum absolute atomic E-state index is 0.341. The third kappa shape index (κ3) is 2.64. The molecule has 0 bridgehead atoms. The molecule has 0 aliphatic heterocycles. The standard InChI is InChI=1S/C10H14N4S/c1-2-9(10-12-3-4-15-10)13-6-8-5-11-7-14-8/h3-5,7,9,13H,2,6H2,1H3,(H,11,14). The van der Waals surface area contributed by atoms with Crippen molar-refractivity contribution in [1.29, 1.82) is 0 Å². The van der Waals surface area contributed by atoms with Crippen molar-refractivity contribution in [3.8, 4) is 0 Å². The van der Waals surface area contributed by atoms with Gasteiger partial charge in [0.15, 0.2) is 0 Å². The summed E-state index contributed by atoms with van der Waals surface area (Å²) in [5.41, 5.74) is 1.10. The van der Waals surface area contributed by atoms with E-state index in [2.05, 4.69) is 27.2 Å². The first-order chi connectivity index (χ1) is 7.40. The van der Waals surface area contributed by atoms with Crippen LogP contribution in [-0.4, -0.2) is 15.0 Å². The first-order valence-corrected chi connectivity index (χ1v) is 5.88. The molecular formula is C10H14N4S. The normalized spacial score (nSPS) is 12.9. The fourth-order valence-corrected chi connectivity index (χ4v) is 2.22. The zero-order valence-corrected chi connectivity index (χ0v) is 9.42. The third-order valence-corrected chi connectivity index (χ3v) is 3.14. The predicted octanol–water partition coefficient (Wildman–Crippen LogP) is 2.11. The Bertz CT molecular complexity index is 368. The van der Waals surface area contributed by atoms with Crippen molar-refractivity contribution in [2.75, 3.05) is 0 Å². The van der Waals surface area contributed by atoms with Crippen LogP contribution in [0.25, 0.3) is 0 Å². The van der Waals surface area contributed by atoms with Crippen LogP contribution in [0, 0.1) is 0 Å². The molecule has 0 aliphatic rings. The van der Waals surface area contributed by atoms with Gasteiger partial charge in [-0.25, -0.2) is 9.97 Å². The summed E-state index contributed by atoms with van der Waals surface area (Å²) in [5.74, 6) is 0. The Balaban J connectivity index is 1.92. The maximum atomic E-state index is 4.32. The van der Waals surface area contributed by atoms with Crippen molar-refractivity contribution in [2.24, 2.45) is 0 Å². The SMILES string of the molecule is CCC(NCc1cnc[nH]1)c1nccs1. The van der Waals surface area contributed by atoms with Gasteiger partial charge in [-0.3, -0.25) is 0 Å². The smallest absolute Gasteiger partial charge is 0.109 e. The monoisotopic (exact) mass is 222 g/mol. The Kier molecular flexibility index (Phi) is 3.47. The Hall–Kier alpha value is -1.20. The number of H-pyrrole nitrogens is 1. The molecule has 15 heavy (non-hydrogen) atoms. The summed E-state index contributed by atoms with van der Waals surface area (Å²) >= 11 is 1.69. The maximum absolute atomic E-state index is 4.32. The minimum Gasteiger partial charge on any atom is -0.347 e. The van der Waals surface area contributed by atoms with Crippen molar-refractivity contribution >= 4 is 11.3 Å². The number of nitrogens with zero attached hydrogens (tertiary/aromatic N) is 2. The molecule has 0 saturated heterocycles. The first-order valence-electron chi connectivity index (χ1n) is 5.00. The van der Waals surface area contributed by atoms with Crippen molar-refractivity contribution in [1.82, 2.24) is 20.3 Å². The van der Waals surface area contributed by atoms with Gasteiger partial charge in [-0.2, -0.15) is 0 Å². The molecule has 0 fully saturated rings. The van der Waals surface area contributed by atoms with Crippen LogP contribution < -0.4 is 5.32 Å². The molecule has 2 aromatic rings. The van der Waals surface area contributed by atoms with Crippen LogP contribution in [0.15, 0.2) is 24.1 Å².